The molecule has 100 valence electrons. The number of ether oxygens (including phenoxy) is 2. The average Bonchev–Trinajstić information content (AvgIpc) is 2.37. The summed E-state index contributed by atoms with van der Waals surface area (Å²) in [6.45, 7) is 5.07. The highest BCUT2D eigenvalue weighted by Crippen LogP contribution is 2.10. The topological polar surface area (TPSA) is 34.1 Å². The normalized spacial score (nSPS) is 11.9. The Labute approximate surface area is 109 Å². The molecule has 0 aliphatic carbocycles. The van der Waals surface area contributed by atoms with Crippen LogP contribution in [-0.4, -0.2) is 44.3 Å². The molecule has 0 saturated carbocycles. The lowest BCUT2D eigenvalue weighted by Crippen LogP contribution is -2.30. The van der Waals surface area contributed by atoms with Crippen molar-refractivity contribution in [2.75, 3.05) is 27.3 Å². The van der Waals surface area contributed by atoms with Gasteiger partial charge in [-0.3, -0.25) is 0 Å². The second-order valence-corrected chi connectivity index (χ2v) is 3.94. The predicted molar refractivity (Wildman–Crippen MR) is 73.7 cm³/mol. The summed E-state index contributed by atoms with van der Waals surface area (Å²) in [6.07, 6.45) is -0.426. The van der Waals surface area contributed by atoms with Crippen LogP contribution in [0.4, 0.5) is 0 Å². The van der Waals surface area contributed by atoms with E-state index in [0.29, 0.717) is 13.2 Å². The van der Waals surface area contributed by atoms with Crippen LogP contribution in [0.5, 0.6) is 0 Å². The molecule has 4 nitrogen and oxygen atoms in total. The summed E-state index contributed by atoms with van der Waals surface area (Å²) in [7, 11) is 3.77. The molecule has 0 saturated heterocycles. The largest absolute Gasteiger partial charge is 0.347 e. The van der Waals surface area contributed by atoms with Gasteiger partial charge in [-0.25, -0.2) is 0 Å². The van der Waals surface area contributed by atoms with E-state index in [4.69, 9.17) is 9.47 Å². The average molecular weight is 250 g/mol. The van der Waals surface area contributed by atoms with Gasteiger partial charge in [0.25, 0.3) is 0 Å². The summed E-state index contributed by atoms with van der Waals surface area (Å²) in [5.74, 6) is 0. The number of rotatable bonds is 7. The molecule has 0 aliphatic rings. The number of hydrogen-bond donors (Lipinski definition) is 0. The molecular weight excluding hydrogens is 228 g/mol. The molecule has 0 heterocycles. The van der Waals surface area contributed by atoms with Crippen LogP contribution in [0.2, 0.25) is 0 Å². The van der Waals surface area contributed by atoms with Crippen LogP contribution in [0.25, 0.3) is 0 Å². The first kappa shape index (κ1) is 14.7. The molecule has 0 aromatic heterocycles. The molecule has 1 aromatic carbocycles. The molecule has 0 bridgehead atoms. The van der Waals surface area contributed by atoms with Gasteiger partial charge in [0.2, 0.25) is 6.29 Å². The van der Waals surface area contributed by atoms with Gasteiger partial charge in [0.1, 0.15) is 5.71 Å². The highest BCUT2D eigenvalue weighted by atomic mass is 16.7. The highest BCUT2D eigenvalue weighted by Gasteiger charge is 2.19. The third kappa shape index (κ3) is 4.47. The molecule has 4 heteroatoms. The van der Waals surface area contributed by atoms with E-state index < -0.39 is 6.29 Å². The second-order valence-electron chi connectivity index (χ2n) is 3.94. The Bertz CT molecular complexity index is 357. The Hall–Kier alpha value is -1.39. The van der Waals surface area contributed by atoms with Crippen molar-refractivity contribution in [3.05, 3.63) is 35.9 Å². The first-order chi connectivity index (χ1) is 8.69. The van der Waals surface area contributed by atoms with E-state index >= 15 is 0 Å². The van der Waals surface area contributed by atoms with Crippen molar-refractivity contribution in [2.45, 2.75) is 20.1 Å². The number of benzene rings is 1. The fourth-order valence-electron chi connectivity index (χ4n) is 1.57. The Balaban J connectivity index is 3.03. The van der Waals surface area contributed by atoms with Crippen LogP contribution in [0.3, 0.4) is 0 Å². The van der Waals surface area contributed by atoms with E-state index in [0.717, 1.165) is 11.3 Å². The monoisotopic (exact) mass is 250 g/mol. The van der Waals surface area contributed by atoms with Gasteiger partial charge < -0.3 is 14.5 Å². The summed E-state index contributed by atoms with van der Waals surface area (Å²) in [5, 5.41) is 6.24. The minimum Gasteiger partial charge on any atom is -0.347 e. The van der Waals surface area contributed by atoms with E-state index in [2.05, 4.69) is 5.10 Å². The lowest BCUT2D eigenvalue weighted by molar-refractivity contribution is -0.0902. The summed E-state index contributed by atoms with van der Waals surface area (Å²) < 4.78 is 11.2. The van der Waals surface area contributed by atoms with Crippen LogP contribution in [0, 0.1) is 0 Å². The molecule has 1 rings (SSSR count). The third-order valence-electron chi connectivity index (χ3n) is 2.24. The summed E-state index contributed by atoms with van der Waals surface area (Å²) >= 11 is 0. The zero-order chi connectivity index (χ0) is 13.4. The quantitative estimate of drug-likeness (QED) is 0.423. The summed E-state index contributed by atoms with van der Waals surface area (Å²) in [4.78, 5) is 0. The van der Waals surface area contributed by atoms with Crippen molar-refractivity contribution in [1.82, 2.24) is 5.01 Å². The molecule has 0 aliphatic heterocycles. The van der Waals surface area contributed by atoms with Gasteiger partial charge in [0, 0.05) is 32.9 Å². The second kappa shape index (κ2) is 7.84. The minimum atomic E-state index is -0.426. The Morgan fingerprint density at radius 1 is 1.11 bits per heavy atom. The smallest absolute Gasteiger partial charge is 0.203 e. The zero-order valence-corrected chi connectivity index (χ0v) is 11.6. The fraction of sp³-hybridized carbons (Fsp3) is 0.500. The first-order valence-electron chi connectivity index (χ1n) is 6.23. The van der Waals surface area contributed by atoms with Crippen LogP contribution in [0.15, 0.2) is 35.4 Å². The first-order valence-corrected chi connectivity index (χ1v) is 6.23. The maximum atomic E-state index is 5.62. The van der Waals surface area contributed by atoms with Crippen LogP contribution >= 0.6 is 0 Å². The third-order valence-corrected chi connectivity index (χ3v) is 2.24. The van der Waals surface area contributed by atoms with Gasteiger partial charge in [-0.1, -0.05) is 30.3 Å². The van der Waals surface area contributed by atoms with E-state index in [-0.39, 0.29) is 0 Å². The molecule has 18 heavy (non-hydrogen) atoms. The van der Waals surface area contributed by atoms with Gasteiger partial charge in [-0.05, 0) is 13.8 Å². The predicted octanol–water partition coefficient (Wildman–Crippen LogP) is 2.35. The van der Waals surface area contributed by atoms with Gasteiger partial charge in [0.15, 0.2) is 0 Å². The SMILES string of the molecule is CCOC(OCC)C(=NN(C)C)c1ccccc1. The van der Waals surface area contributed by atoms with Gasteiger partial charge in [-0.15, -0.1) is 0 Å². The standard InChI is InChI=1S/C14H22N2O2/c1-5-17-14(18-6-2)13(15-16(3)4)12-10-8-7-9-11-12/h7-11,14H,5-6H2,1-4H3. The fourth-order valence-corrected chi connectivity index (χ4v) is 1.57. The number of hydrogen-bond acceptors (Lipinski definition) is 4. The Morgan fingerprint density at radius 3 is 2.11 bits per heavy atom. The van der Waals surface area contributed by atoms with Gasteiger partial charge in [0.05, 0.1) is 0 Å². The van der Waals surface area contributed by atoms with Crippen LogP contribution < -0.4 is 0 Å². The van der Waals surface area contributed by atoms with E-state index in [1.807, 2.05) is 58.3 Å². The molecule has 0 fully saturated rings. The van der Waals surface area contributed by atoms with Crippen molar-refractivity contribution in [3.8, 4) is 0 Å². The number of nitrogens with zero attached hydrogens (tertiary/aromatic N) is 2. The number of hydrazone groups is 1. The zero-order valence-electron chi connectivity index (χ0n) is 11.6. The molecule has 0 spiro atoms. The molecular formula is C14H22N2O2. The Kier molecular flexibility index (Phi) is 6.39. The molecule has 0 N–H and O–H groups in total. The summed E-state index contributed by atoms with van der Waals surface area (Å²) in [5.41, 5.74) is 1.81. The van der Waals surface area contributed by atoms with Crippen molar-refractivity contribution in [3.63, 3.8) is 0 Å². The molecule has 0 atom stereocenters. The van der Waals surface area contributed by atoms with E-state index in [1.165, 1.54) is 0 Å². The van der Waals surface area contributed by atoms with Gasteiger partial charge >= 0.3 is 0 Å². The maximum absolute atomic E-state index is 5.62. The lowest BCUT2D eigenvalue weighted by atomic mass is 10.1. The lowest BCUT2D eigenvalue weighted by Gasteiger charge is -2.20. The summed E-state index contributed by atoms with van der Waals surface area (Å²) in [6, 6.07) is 9.96. The minimum absolute atomic E-state index is 0.426. The molecule has 0 amide bonds. The van der Waals surface area contributed by atoms with Crippen LogP contribution in [-0.2, 0) is 9.47 Å². The van der Waals surface area contributed by atoms with Crippen LogP contribution in [0.1, 0.15) is 19.4 Å². The van der Waals surface area contributed by atoms with Gasteiger partial charge in [-0.2, -0.15) is 5.10 Å². The highest BCUT2D eigenvalue weighted by molar-refractivity contribution is 6.02. The van der Waals surface area contributed by atoms with Crippen molar-refractivity contribution in [2.24, 2.45) is 5.10 Å². The molecule has 1 aromatic rings. The molecule has 0 unspecified atom stereocenters. The van der Waals surface area contributed by atoms with E-state index in [1.54, 1.807) is 5.01 Å². The van der Waals surface area contributed by atoms with Crippen molar-refractivity contribution >= 4 is 5.71 Å². The molecule has 0 radical (unpaired) electrons. The van der Waals surface area contributed by atoms with E-state index in [9.17, 15) is 0 Å². The maximum Gasteiger partial charge on any atom is 0.203 e. The van der Waals surface area contributed by atoms with Crippen molar-refractivity contribution < 1.29 is 9.47 Å². The Morgan fingerprint density at radius 2 is 1.67 bits per heavy atom. The van der Waals surface area contributed by atoms with Crippen molar-refractivity contribution in [1.29, 1.82) is 0 Å².